The molecule has 0 spiro atoms. The van der Waals surface area contributed by atoms with Gasteiger partial charge in [0.05, 0.1) is 11.4 Å². The minimum Gasteiger partial charge on any atom is -0.353 e. The van der Waals surface area contributed by atoms with Gasteiger partial charge in [0.15, 0.2) is 5.16 Å². The Hall–Kier alpha value is -1.86. The molecule has 1 saturated heterocycles. The van der Waals surface area contributed by atoms with Crippen molar-refractivity contribution in [2.24, 2.45) is 0 Å². The largest absolute Gasteiger partial charge is 0.353 e. The molecule has 2 aromatic rings. The number of rotatable bonds is 6. The number of amides is 1. The number of carbonyl (C=O) groups excluding carboxylic acids is 1. The number of likely N-dealkylation sites (tertiary alicyclic amines) is 1. The fourth-order valence-electron chi connectivity index (χ4n) is 3.01. The van der Waals surface area contributed by atoms with Crippen LogP contribution in [0.15, 0.2) is 41.8 Å². The first-order valence-corrected chi connectivity index (χ1v) is 9.58. The summed E-state index contributed by atoms with van der Waals surface area (Å²) in [5.74, 6) is 0.0346. The molecule has 5 nitrogen and oxygen atoms in total. The number of halogens is 1. The van der Waals surface area contributed by atoms with Crippen molar-refractivity contribution in [1.29, 1.82) is 0 Å². The first kappa shape index (κ1) is 17.9. The van der Waals surface area contributed by atoms with E-state index in [-0.39, 0.29) is 17.8 Å². The summed E-state index contributed by atoms with van der Waals surface area (Å²) in [5, 5.41) is 3.79. The summed E-state index contributed by atoms with van der Waals surface area (Å²) in [6.45, 7) is 5.31. The van der Waals surface area contributed by atoms with Gasteiger partial charge in [-0.25, -0.2) is 9.37 Å². The van der Waals surface area contributed by atoms with Gasteiger partial charge in [0.2, 0.25) is 5.91 Å². The summed E-state index contributed by atoms with van der Waals surface area (Å²) in [5.41, 5.74) is 0.701. The van der Waals surface area contributed by atoms with Crippen LogP contribution in [0.3, 0.4) is 0 Å². The van der Waals surface area contributed by atoms with Crippen LogP contribution in [0.2, 0.25) is 0 Å². The third-order valence-corrected chi connectivity index (χ3v) is 5.39. The zero-order valence-electron chi connectivity index (χ0n) is 14.3. The highest BCUT2D eigenvalue weighted by atomic mass is 32.2. The Balaban J connectivity index is 1.52. The van der Waals surface area contributed by atoms with Gasteiger partial charge in [0.1, 0.15) is 5.82 Å². The van der Waals surface area contributed by atoms with E-state index in [9.17, 15) is 9.18 Å². The van der Waals surface area contributed by atoms with Crippen LogP contribution in [0.4, 0.5) is 4.39 Å². The number of aromatic nitrogens is 2. The number of nitrogens with one attached hydrogen (secondary N) is 1. The van der Waals surface area contributed by atoms with E-state index in [0.717, 1.165) is 32.5 Å². The molecule has 1 fully saturated rings. The first-order chi connectivity index (χ1) is 12.2. The molecule has 0 radical (unpaired) electrons. The third-order valence-electron chi connectivity index (χ3n) is 4.43. The first-order valence-electron chi connectivity index (χ1n) is 8.59. The predicted octanol–water partition coefficient (Wildman–Crippen LogP) is 2.70. The summed E-state index contributed by atoms with van der Waals surface area (Å²) in [6.07, 6.45) is 5.44. The Kier molecular flexibility index (Phi) is 6.09. The highest BCUT2D eigenvalue weighted by Gasteiger charge is 2.20. The number of imidazole rings is 1. The highest BCUT2D eigenvalue weighted by molar-refractivity contribution is 7.99. The van der Waals surface area contributed by atoms with Gasteiger partial charge in [-0.05, 0) is 37.6 Å². The maximum absolute atomic E-state index is 13.4. The molecule has 0 saturated carbocycles. The molecule has 3 rings (SSSR count). The van der Waals surface area contributed by atoms with E-state index in [1.165, 1.54) is 23.9 Å². The number of hydrogen-bond donors (Lipinski definition) is 1. The molecule has 0 atom stereocenters. The fraction of sp³-hybridized carbons (Fsp3) is 0.444. The highest BCUT2D eigenvalue weighted by Crippen LogP contribution is 2.21. The third kappa shape index (κ3) is 4.83. The summed E-state index contributed by atoms with van der Waals surface area (Å²) in [7, 11) is 0. The molecule has 0 unspecified atom stereocenters. The van der Waals surface area contributed by atoms with Crippen LogP contribution in [0.5, 0.6) is 0 Å². The lowest BCUT2D eigenvalue weighted by Crippen LogP contribution is -2.45. The molecule has 1 aliphatic rings. The van der Waals surface area contributed by atoms with E-state index in [2.05, 4.69) is 22.1 Å². The van der Waals surface area contributed by atoms with Gasteiger partial charge >= 0.3 is 0 Å². The molecule has 1 N–H and O–H groups in total. The van der Waals surface area contributed by atoms with Crippen LogP contribution in [0.1, 0.15) is 19.8 Å². The van der Waals surface area contributed by atoms with Gasteiger partial charge in [0.25, 0.3) is 0 Å². The van der Waals surface area contributed by atoms with Crippen LogP contribution in [0.25, 0.3) is 5.69 Å². The molecule has 7 heteroatoms. The van der Waals surface area contributed by atoms with Crippen molar-refractivity contribution in [1.82, 2.24) is 19.8 Å². The van der Waals surface area contributed by atoms with Crippen molar-refractivity contribution in [3.63, 3.8) is 0 Å². The second kappa shape index (κ2) is 8.49. The van der Waals surface area contributed by atoms with Gasteiger partial charge in [-0.2, -0.15) is 0 Å². The van der Waals surface area contributed by atoms with Gasteiger partial charge in [-0.1, -0.05) is 24.8 Å². The van der Waals surface area contributed by atoms with Crippen molar-refractivity contribution in [2.75, 3.05) is 25.4 Å². The molecular formula is C18H23FN4OS. The second-order valence-corrected chi connectivity index (χ2v) is 7.07. The average molecular weight is 362 g/mol. The molecular weight excluding hydrogens is 339 g/mol. The number of benzene rings is 1. The summed E-state index contributed by atoms with van der Waals surface area (Å²) < 4.78 is 15.2. The summed E-state index contributed by atoms with van der Waals surface area (Å²) >= 11 is 1.36. The maximum atomic E-state index is 13.4. The van der Waals surface area contributed by atoms with Crippen molar-refractivity contribution >= 4 is 17.7 Å². The van der Waals surface area contributed by atoms with Crippen molar-refractivity contribution in [3.8, 4) is 5.69 Å². The molecule has 1 aromatic heterocycles. The Morgan fingerprint density at radius 1 is 1.40 bits per heavy atom. The second-order valence-electron chi connectivity index (χ2n) is 6.12. The van der Waals surface area contributed by atoms with E-state index < -0.39 is 0 Å². The molecule has 0 aliphatic carbocycles. The van der Waals surface area contributed by atoms with E-state index in [0.29, 0.717) is 16.6 Å². The standard InChI is InChI=1S/C18H23FN4OS/c1-2-22-9-6-15(7-10-22)21-17(24)13-25-18-20-8-11-23(18)16-5-3-4-14(19)12-16/h3-5,8,11-12,15H,2,6-7,9-10,13H2,1H3,(H,21,24). The molecule has 25 heavy (non-hydrogen) atoms. The normalized spacial score (nSPS) is 16.1. The number of carbonyl (C=O) groups is 1. The number of piperidine rings is 1. The molecule has 0 bridgehead atoms. The van der Waals surface area contributed by atoms with Crippen LogP contribution in [0, 0.1) is 5.82 Å². The Bertz CT molecular complexity index is 713. The van der Waals surface area contributed by atoms with E-state index in [1.807, 2.05) is 6.07 Å². The Morgan fingerprint density at radius 3 is 2.92 bits per heavy atom. The summed E-state index contributed by atoms with van der Waals surface area (Å²) in [6, 6.07) is 6.60. The van der Waals surface area contributed by atoms with E-state index in [4.69, 9.17) is 0 Å². The Labute approximate surface area is 151 Å². The van der Waals surface area contributed by atoms with Gasteiger partial charge in [-0.15, -0.1) is 0 Å². The van der Waals surface area contributed by atoms with Crippen molar-refractivity contribution in [3.05, 3.63) is 42.5 Å². The fourth-order valence-corrected chi connectivity index (χ4v) is 3.80. The molecule has 134 valence electrons. The van der Waals surface area contributed by atoms with Crippen molar-refractivity contribution in [2.45, 2.75) is 31.0 Å². The van der Waals surface area contributed by atoms with Crippen molar-refractivity contribution < 1.29 is 9.18 Å². The van der Waals surface area contributed by atoms with Crippen LogP contribution >= 0.6 is 11.8 Å². The molecule has 2 heterocycles. The molecule has 1 aliphatic heterocycles. The van der Waals surface area contributed by atoms with E-state index in [1.54, 1.807) is 23.0 Å². The van der Waals surface area contributed by atoms with Crippen LogP contribution in [-0.2, 0) is 4.79 Å². The monoisotopic (exact) mass is 362 g/mol. The number of nitrogens with zero attached hydrogens (tertiary/aromatic N) is 3. The van der Waals surface area contributed by atoms with Crippen LogP contribution in [-0.4, -0.2) is 51.8 Å². The SMILES string of the molecule is CCN1CCC(NC(=O)CSc2nccn2-c2cccc(F)c2)CC1. The smallest absolute Gasteiger partial charge is 0.230 e. The zero-order valence-corrected chi connectivity index (χ0v) is 15.1. The Morgan fingerprint density at radius 2 is 2.20 bits per heavy atom. The topological polar surface area (TPSA) is 50.2 Å². The maximum Gasteiger partial charge on any atom is 0.230 e. The van der Waals surface area contributed by atoms with Gasteiger partial charge in [0, 0.05) is 31.5 Å². The zero-order chi connectivity index (χ0) is 17.6. The van der Waals surface area contributed by atoms with Crippen LogP contribution < -0.4 is 5.32 Å². The lowest BCUT2D eigenvalue weighted by Gasteiger charge is -2.31. The number of thioether (sulfide) groups is 1. The molecule has 1 aromatic carbocycles. The van der Waals surface area contributed by atoms with Gasteiger partial charge < -0.3 is 10.2 Å². The predicted molar refractivity (Wildman–Crippen MR) is 97.5 cm³/mol. The molecule has 1 amide bonds. The summed E-state index contributed by atoms with van der Waals surface area (Å²) in [4.78, 5) is 18.9. The minimum atomic E-state index is -0.293. The minimum absolute atomic E-state index is 0.0220. The van der Waals surface area contributed by atoms with Gasteiger partial charge in [-0.3, -0.25) is 9.36 Å². The van der Waals surface area contributed by atoms with E-state index >= 15 is 0 Å². The lowest BCUT2D eigenvalue weighted by molar-refractivity contribution is -0.119. The average Bonchev–Trinajstić information content (AvgIpc) is 3.09. The number of hydrogen-bond acceptors (Lipinski definition) is 4. The quantitative estimate of drug-likeness (QED) is 0.803. The lowest BCUT2D eigenvalue weighted by atomic mass is 10.1.